The molecule has 9 heteroatoms. The fraction of sp³-hybridized carbons (Fsp3) is 0.333. The number of aliphatic hydroxyl groups is 1. The van der Waals surface area contributed by atoms with Crippen LogP contribution in [0.3, 0.4) is 0 Å². The van der Waals surface area contributed by atoms with Gasteiger partial charge in [0.15, 0.2) is 0 Å². The molecule has 24 heavy (non-hydrogen) atoms. The molecule has 0 spiro atoms. The Hall–Kier alpha value is -2.00. The third kappa shape index (κ3) is 3.73. The van der Waals surface area contributed by atoms with Gasteiger partial charge < -0.3 is 14.8 Å². The standard InChI is InChI=1S/C15H16F3NO4S/c1-10-3-8-13(23-10)14(2,20)9-19-11-4-6-12(7-5-11)24(21,22)15(16,17)18/h3-8,19-20H,9H2,1-2H3/t14-/m0/s1. The Kier molecular flexibility index (Phi) is 4.69. The van der Waals surface area contributed by atoms with E-state index in [1.807, 2.05) is 0 Å². The highest BCUT2D eigenvalue weighted by molar-refractivity contribution is 7.92. The first kappa shape index (κ1) is 18.3. The highest BCUT2D eigenvalue weighted by atomic mass is 32.2. The van der Waals surface area contributed by atoms with Gasteiger partial charge in [-0.05, 0) is 50.2 Å². The molecule has 0 fully saturated rings. The van der Waals surface area contributed by atoms with Crippen LogP contribution in [0.1, 0.15) is 18.4 Å². The summed E-state index contributed by atoms with van der Waals surface area (Å²) < 4.78 is 65.3. The van der Waals surface area contributed by atoms with Crippen LogP contribution in [0.5, 0.6) is 0 Å². The monoisotopic (exact) mass is 363 g/mol. The van der Waals surface area contributed by atoms with E-state index in [0.29, 0.717) is 17.2 Å². The van der Waals surface area contributed by atoms with Crippen molar-refractivity contribution in [2.75, 3.05) is 11.9 Å². The van der Waals surface area contributed by atoms with Crippen molar-refractivity contribution in [2.45, 2.75) is 29.9 Å². The highest BCUT2D eigenvalue weighted by Gasteiger charge is 2.46. The maximum absolute atomic E-state index is 12.5. The minimum Gasteiger partial charge on any atom is -0.463 e. The predicted molar refractivity (Wildman–Crippen MR) is 81.2 cm³/mol. The molecule has 1 aromatic carbocycles. The van der Waals surface area contributed by atoms with Crippen molar-refractivity contribution in [2.24, 2.45) is 0 Å². The number of sulfone groups is 1. The topological polar surface area (TPSA) is 79.5 Å². The lowest BCUT2D eigenvalue weighted by Crippen LogP contribution is -2.30. The van der Waals surface area contributed by atoms with Crippen LogP contribution in [-0.2, 0) is 15.4 Å². The molecule has 1 heterocycles. The lowest BCUT2D eigenvalue weighted by atomic mass is 10.0. The number of rotatable bonds is 5. The van der Waals surface area contributed by atoms with E-state index in [2.05, 4.69) is 5.32 Å². The second kappa shape index (κ2) is 6.14. The Morgan fingerprint density at radius 3 is 2.17 bits per heavy atom. The van der Waals surface area contributed by atoms with E-state index < -0.39 is 25.8 Å². The van der Waals surface area contributed by atoms with Gasteiger partial charge in [-0.25, -0.2) is 8.42 Å². The molecular formula is C15H16F3NO4S. The molecule has 0 saturated carbocycles. The first-order valence-electron chi connectivity index (χ1n) is 6.88. The van der Waals surface area contributed by atoms with E-state index in [9.17, 15) is 26.7 Å². The van der Waals surface area contributed by atoms with E-state index in [-0.39, 0.29) is 6.54 Å². The highest BCUT2D eigenvalue weighted by Crippen LogP contribution is 2.31. The lowest BCUT2D eigenvalue weighted by Gasteiger charge is -2.22. The number of aryl methyl sites for hydroxylation is 1. The molecule has 0 unspecified atom stereocenters. The minimum atomic E-state index is -5.37. The van der Waals surface area contributed by atoms with Gasteiger partial charge in [0.2, 0.25) is 0 Å². The van der Waals surface area contributed by atoms with Crippen molar-refractivity contribution in [1.82, 2.24) is 0 Å². The van der Waals surface area contributed by atoms with Gasteiger partial charge in [0, 0.05) is 5.69 Å². The van der Waals surface area contributed by atoms with Crippen molar-refractivity contribution in [3.63, 3.8) is 0 Å². The molecule has 2 rings (SSSR count). The number of furan rings is 1. The van der Waals surface area contributed by atoms with Gasteiger partial charge in [-0.3, -0.25) is 0 Å². The molecule has 0 saturated heterocycles. The average Bonchev–Trinajstić information content (AvgIpc) is 2.92. The van der Waals surface area contributed by atoms with Crippen LogP contribution in [0.25, 0.3) is 0 Å². The molecule has 2 aromatic rings. The minimum absolute atomic E-state index is 0.0192. The first-order valence-corrected chi connectivity index (χ1v) is 8.36. The van der Waals surface area contributed by atoms with E-state index in [1.165, 1.54) is 19.1 Å². The lowest BCUT2D eigenvalue weighted by molar-refractivity contribution is -0.0436. The number of anilines is 1. The van der Waals surface area contributed by atoms with Crippen molar-refractivity contribution in [3.05, 3.63) is 47.9 Å². The largest absolute Gasteiger partial charge is 0.501 e. The van der Waals surface area contributed by atoms with Crippen molar-refractivity contribution < 1.29 is 31.1 Å². The summed E-state index contributed by atoms with van der Waals surface area (Å²) in [5.74, 6) is 0.968. The Labute approximate surface area is 137 Å². The van der Waals surface area contributed by atoms with E-state index in [0.717, 1.165) is 12.1 Å². The Bertz CT molecular complexity index is 808. The summed E-state index contributed by atoms with van der Waals surface area (Å²) >= 11 is 0. The average molecular weight is 363 g/mol. The normalized spacial score (nSPS) is 15.1. The molecule has 1 atom stereocenters. The van der Waals surface area contributed by atoms with Crippen LogP contribution < -0.4 is 5.32 Å². The quantitative estimate of drug-likeness (QED) is 0.853. The van der Waals surface area contributed by atoms with Gasteiger partial charge >= 0.3 is 5.51 Å². The Morgan fingerprint density at radius 2 is 1.71 bits per heavy atom. The number of halogens is 3. The number of benzene rings is 1. The van der Waals surface area contributed by atoms with E-state index in [1.54, 1.807) is 19.1 Å². The molecular weight excluding hydrogens is 347 g/mol. The van der Waals surface area contributed by atoms with Gasteiger partial charge in [0.1, 0.15) is 17.1 Å². The Morgan fingerprint density at radius 1 is 1.12 bits per heavy atom. The summed E-state index contributed by atoms with van der Waals surface area (Å²) in [7, 11) is -5.37. The zero-order valence-corrected chi connectivity index (χ0v) is 13.7. The maximum atomic E-state index is 12.5. The van der Waals surface area contributed by atoms with Crippen LogP contribution >= 0.6 is 0 Å². The molecule has 1 aromatic heterocycles. The summed E-state index contributed by atoms with van der Waals surface area (Å²) in [4.78, 5) is -0.839. The Balaban J connectivity index is 2.10. The number of alkyl halides is 3. The summed E-state index contributed by atoms with van der Waals surface area (Å²) in [6.45, 7) is 3.26. The molecule has 0 aliphatic carbocycles. The van der Waals surface area contributed by atoms with Gasteiger partial charge in [0.25, 0.3) is 9.84 Å². The van der Waals surface area contributed by atoms with E-state index >= 15 is 0 Å². The molecule has 0 aliphatic rings. The maximum Gasteiger partial charge on any atom is 0.501 e. The number of hydrogen-bond donors (Lipinski definition) is 2. The second-order valence-corrected chi connectivity index (χ2v) is 7.45. The van der Waals surface area contributed by atoms with Gasteiger partial charge in [-0.1, -0.05) is 0 Å². The van der Waals surface area contributed by atoms with Crippen LogP contribution in [-0.4, -0.2) is 25.6 Å². The predicted octanol–water partition coefficient (Wildman–Crippen LogP) is 3.20. The van der Waals surface area contributed by atoms with Crippen LogP contribution in [0, 0.1) is 6.92 Å². The summed E-state index contributed by atoms with van der Waals surface area (Å²) in [6, 6.07) is 7.43. The SMILES string of the molecule is Cc1ccc([C@@](C)(O)CNc2ccc(S(=O)(=O)C(F)(F)F)cc2)o1. The third-order valence-electron chi connectivity index (χ3n) is 3.38. The molecule has 0 aliphatic heterocycles. The van der Waals surface area contributed by atoms with Crippen molar-refractivity contribution in [1.29, 1.82) is 0 Å². The smallest absolute Gasteiger partial charge is 0.463 e. The van der Waals surface area contributed by atoms with Crippen LogP contribution in [0.15, 0.2) is 45.7 Å². The first-order chi connectivity index (χ1) is 10.9. The molecule has 0 radical (unpaired) electrons. The fourth-order valence-electron chi connectivity index (χ4n) is 1.97. The third-order valence-corrected chi connectivity index (χ3v) is 4.88. The fourth-order valence-corrected chi connectivity index (χ4v) is 2.73. The summed E-state index contributed by atoms with van der Waals surface area (Å²) in [5.41, 5.74) is -6.33. The zero-order chi connectivity index (χ0) is 18.2. The van der Waals surface area contributed by atoms with Crippen LogP contribution in [0.4, 0.5) is 18.9 Å². The van der Waals surface area contributed by atoms with Gasteiger partial charge in [0.05, 0.1) is 11.4 Å². The molecule has 0 bridgehead atoms. The van der Waals surface area contributed by atoms with Gasteiger partial charge in [-0.2, -0.15) is 13.2 Å². The molecule has 0 amide bonds. The molecule has 132 valence electrons. The van der Waals surface area contributed by atoms with Gasteiger partial charge in [-0.15, -0.1) is 0 Å². The van der Waals surface area contributed by atoms with Crippen LogP contribution in [0.2, 0.25) is 0 Å². The van der Waals surface area contributed by atoms with E-state index in [4.69, 9.17) is 4.42 Å². The molecule has 2 N–H and O–H groups in total. The number of nitrogens with one attached hydrogen (secondary N) is 1. The zero-order valence-electron chi connectivity index (χ0n) is 12.9. The molecule has 5 nitrogen and oxygen atoms in total. The summed E-state index contributed by atoms with van der Waals surface area (Å²) in [6.07, 6.45) is 0. The van der Waals surface area contributed by atoms with Crippen molar-refractivity contribution >= 4 is 15.5 Å². The summed E-state index contributed by atoms with van der Waals surface area (Å²) in [5, 5.41) is 13.2. The van der Waals surface area contributed by atoms with Crippen molar-refractivity contribution in [3.8, 4) is 0 Å². The number of hydrogen-bond acceptors (Lipinski definition) is 5. The second-order valence-electron chi connectivity index (χ2n) is 5.51.